The van der Waals surface area contributed by atoms with E-state index in [4.69, 9.17) is 4.74 Å². The third-order valence-electron chi connectivity index (χ3n) is 6.35. The number of phenols is 1. The number of rotatable bonds is 2. The SMILES string of the molecule is C=C1N[C@@]2(c3cc(O)ccc3F)CO[C@@H](c3ccc(F)cc3)C[C@H]2S(=O)(=O)C1(C)C. The molecule has 2 N–H and O–H groups in total. The number of benzene rings is 2. The highest BCUT2D eigenvalue weighted by Gasteiger charge is 2.62. The van der Waals surface area contributed by atoms with Gasteiger partial charge >= 0.3 is 0 Å². The number of halogens is 2. The van der Waals surface area contributed by atoms with Crippen molar-refractivity contribution in [2.24, 2.45) is 0 Å². The molecule has 2 heterocycles. The van der Waals surface area contributed by atoms with E-state index in [1.54, 1.807) is 26.0 Å². The van der Waals surface area contributed by atoms with E-state index in [1.165, 1.54) is 24.3 Å². The molecule has 2 saturated heterocycles. The molecule has 2 fully saturated rings. The standard InChI is InChI=1S/C22H23F2NO4S/c1-13-21(2,3)30(27,28)20-11-19(14-4-6-15(23)7-5-14)29-12-22(20,25-13)17-10-16(26)8-9-18(17)24/h4-10,19-20,25-26H,1,11-12H2,2-3H3/t19-,20-,22-/m1/s1. The quantitative estimate of drug-likeness (QED) is 0.752. The molecule has 0 radical (unpaired) electrons. The summed E-state index contributed by atoms with van der Waals surface area (Å²) in [6.45, 7) is 6.84. The van der Waals surface area contributed by atoms with Crippen LogP contribution in [-0.4, -0.2) is 30.1 Å². The van der Waals surface area contributed by atoms with E-state index >= 15 is 0 Å². The maximum Gasteiger partial charge on any atom is 0.166 e. The molecule has 0 spiro atoms. The second kappa shape index (κ2) is 6.78. The Hall–Kier alpha value is -2.45. The van der Waals surface area contributed by atoms with Gasteiger partial charge in [0.1, 0.15) is 27.7 Å². The van der Waals surface area contributed by atoms with Gasteiger partial charge in [0.15, 0.2) is 9.84 Å². The zero-order valence-corrected chi connectivity index (χ0v) is 17.5. The molecule has 0 bridgehead atoms. The summed E-state index contributed by atoms with van der Waals surface area (Å²) in [6, 6.07) is 9.19. The largest absolute Gasteiger partial charge is 0.508 e. The minimum atomic E-state index is -3.86. The van der Waals surface area contributed by atoms with Crippen LogP contribution in [0.3, 0.4) is 0 Å². The number of ether oxygens (including phenoxy) is 1. The summed E-state index contributed by atoms with van der Waals surface area (Å²) in [5.41, 5.74) is -0.584. The molecule has 2 aromatic carbocycles. The minimum Gasteiger partial charge on any atom is -0.508 e. The van der Waals surface area contributed by atoms with Crippen molar-refractivity contribution in [1.82, 2.24) is 5.32 Å². The van der Waals surface area contributed by atoms with E-state index < -0.39 is 43.1 Å². The van der Waals surface area contributed by atoms with Crippen LogP contribution in [-0.2, 0) is 20.1 Å². The molecular formula is C22H23F2NO4S. The Morgan fingerprint density at radius 3 is 2.50 bits per heavy atom. The van der Waals surface area contributed by atoms with Crippen molar-refractivity contribution < 1.29 is 27.0 Å². The lowest BCUT2D eigenvalue weighted by Crippen LogP contribution is -2.69. The van der Waals surface area contributed by atoms with Crippen molar-refractivity contribution in [3.8, 4) is 5.75 Å². The Bertz CT molecular complexity index is 1110. The predicted molar refractivity (Wildman–Crippen MR) is 109 cm³/mol. The van der Waals surface area contributed by atoms with E-state index in [1.807, 2.05) is 0 Å². The average Bonchev–Trinajstić information content (AvgIpc) is 2.69. The second-order valence-electron chi connectivity index (χ2n) is 8.37. The third kappa shape index (κ3) is 2.93. The lowest BCUT2D eigenvalue weighted by molar-refractivity contribution is -0.0424. The maximum absolute atomic E-state index is 14.9. The summed E-state index contributed by atoms with van der Waals surface area (Å²) in [4.78, 5) is 0. The molecule has 160 valence electrons. The van der Waals surface area contributed by atoms with Crippen molar-refractivity contribution in [2.45, 2.75) is 41.9 Å². The van der Waals surface area contributed by atoms with E-state index in [-0.39, 0.29) is 30.0 Å². The highest BCUT2D eigenvalue weighted by atomic mass is 32.2. The number of sulfone groups is 1. The van der Waals surface area contributed by atoms with Crippen LogP contribution in [0.2, 0.25) is 0 Å². The monoisotopic (exact) mass is 435 g/mol. The number of hydrogen-bond donors (Lipinski definition) is 2. The first kappa shape index (κ1) is 20.8. The summed E-state index contributed by atoms with van der Waals surface area (Å²) >= 11 is 0. The predicted octanol–water partition coefficient (Wildman–Crippen LogP) is 3.71. The van der Waals surface area contributed by atoms with Gasteiger partial charge in [0.05, 0.1) is 18.0 Å². The Labute approximate surface area is 174 Å². The molecule has 0 amide bonds. The van der Waals surface area contributed by atoms with Crippen molar-refractivity contribution in [2.75, 3.05) is 6.61 Å². The van der Waals surface area contributed by atoms with E-state index in [0.29, 0.717) is 5.56 Å². The molecule has 8 heteroatoms. The van der Waals surface area contributed by atoms with Crippen LogP contribution in [0, 0.1) is 11.6 Å². The van der Waals surface area contributed by atoms with Crippen molar-refractivity contribution in [3.05, 3.63) is 77.5 Å². The van der Waals surface area contributed by atoms with Crippen LogP contribution >= 0.6 is 0 Å². The number of aromatic hydroxyl groups is 1. The van der Waals surface area contributed by atoms with Crippen molar-refractivity contribution >= 4 is 9.84 Å². The van der Waals surface area contributed by atoms with E-state index in [2.05, 4.69) is 11.9 Å². The molecule has 2 aromatic rings. The fourth-order valence-electron chi connectivity index (χ4n) is 4.33. The van der Waals surface area contributed by atoms with Crippen molar-refractivity contribution in [1.29, 1.82) is 0 Å². The highest BCUT2D eigenvalue weighted by molar-refractivity contribution is 7.93. The molecule has 2 aliphatic heterocycles. The fourth-order valence-corrected chi connectivity index (χ4v) is 6.64. The van der Waals surface area contributed by atoms with Gasteiger partial charge in [-0.25, -0.2) is 17.2 Å². The Morgan fingerprint density at radius 2 is 1.83 bits per heavy atom. The van der Waals surface area contributed by atoms with Gasteiger partial charge in [0.25, 0.3) is 0 Å². The Kier molecular flexibility index (Phi) is 4.70. The zero-order valence-electron chi connectivity index (χ0n) is 16.7. The summed E-state index contributed by atoms with van der Waals surface area (Å²) in [5.74, 6) is -1.25. The first-order valence-corrected chi connectivity index (χ1v) is 11.1. The molecule has 0 unspecified atom stereocenters. The van der Waals surface area contributed by atoms with E-state index in [9.17, 15) is 22.3 Å². The second-order valence-corrected chi connectivity index (χ2v) is 11.0. The molecule has 0 aliphatic carbocycles. The topological polar surface area (TPSA) is 75.6 Å². The van der Waals surface area contributed by atoms with Crippen LogP contribution < -0.4 is 5.32 Å². The summed E-state index contributed by atoms with van der Waals surface area (Å²) in [7, 11) is -3.86. The molecule has 30 heavy (non-hydrogen) atoms. The lowest BCUT2D eigenvalue weighted by Gasteiger charge is -2.54. The Morgan fingerprint density at radius 1 is 1.17 bits per heavy atom. The summed E-state index contributed by atoms with van der Waals surface area (Å²) in [6.07, 6.45) is -0.574. The van der Waals surface area contributed by atoms with Gasteiger partial charge in [-0.05, 0) is 56.2 Å². The van der Waals surface area contributed by atoms with E-state index in [0.717, 1.165) is 6.07 Å². The maximum atomic E-state index is 14.9. The van der Waals surface area contributed by atoms with Crippen LogP contribution in [0.5, 0.6) is 5.75 Å². The first-order valence-electron chi connectivity index (χ1n) is 9.56. The normalized spacial score (nSPS) is 29.7. The number of fused-ring (bicyclic) bond motifs is 1. The smallest absolute Gasteiger partial charge is 0.166 e. The van der Waals surface area contributed by atoms with Gasteiger partial charge in [0.2, 0.25) is 0 Å². The molecule has 0 saturated carbocycles. The van der Waals surface area contributed by atoms with Gasteiger partial charge in [0, 0.05) is 11.3 Å². The van der Waals surface area contributed by atoms with Crippen LogP contribution in [0.15, 0.2) is 54.7 Å². The van der Waals surface area contributed by atoms with Gasteiger partial charge in [-0.2, -0.15) is 0 Å². The van der Waals surface area contributed by atoms with Crippen LogP contribution in [0.1, 0.15) is 37.5 Å². The molecule has 4 rings (SSSR count). The van der Waals surface area contributed by atoms with Crippen LogP contribution in [0.25, 0.3) is 0 Å². The molecule has 5 nitrogen and oxygen atoms in total. The minimum absolute atomic E-state index is 0.00489. The molecule has 3 atom stereocenters. The number of phenolic OH excluding ortho intramolecular Hbond substituents is 1. The molecule has 2 aliphatic rings. The Balaban J connectivity index is 1.87. The van der Waals surface area contributed by atoms with Crippen LogP contribution in [0.4, 0.5) is 8.78 Å². The van der Waals surface area contributed by atoms with Gasteiger partial charge < -0.3 is 15.2 Å². The molecule has 0 aromatic heterocycles. The van der Waals surface area contributed by atoms with Gasteiger partial charge in [-0.15, -0.1) is 0 Å². The summed E-state index contributed by atoms with van der Waals surface area (Å²) in [5, 5.41) is 12.0. The number of nitrogens with one attached hydrogen (secondary N) is 1. The fraction of sp³-hybridized carbons (Fsp3) is 0.364. The van der Waals surface area contributed by atoms with Gasteiger partial charge in [-0.1, -0.05) is 18.7 Å². The highest BCUT2D eigenvalue weighted by Crippen LogP contribution is 2.50. The van der Waals surface area contributed by atoms with Crippen molar-refractivity contribution in [3.63, 3.8) is 0 Å². The number of hydrogen-bond acceptors (Lipinski definition) is 5. The zero-order chi connectivity index (χ0) is 21.9. The summed E-state index contributed by atoms with van der Waals surface area (Å²) < 4.78 is 60.3. The molecular weight excluding hydrogens is 412 g/mol. The third-order valence-corrected chi connectivity index (χ3v) is 9.36. The van der Waals surface area contributed by atoms with Gasteiger partial charge in [-0.3, -0.25) is 0 Å². The first-order chi connectivity index (χ1) is 14.0. The lowest BCUT2D eigenvalue weighted by atomic mass is 9.80. The average molecular weight is 435 g/mol.